The Hall–Kier alpha value is -2.08. The van der Waals surface area contributed by atoms with Crippen molar-refractivity contribution in [1.29, 1.82) is 0 Å². The normalized spacial score (nSPS) is 14.2. The highest BCUT2D eigenvalue weighted by Crippen LogP contribution is 2.28. The van der Waals surface area contributed by atoms with Gasteiger partial charge in [-0.25, -0.2) is 4.98 Å². The van der Waals surface area contributed by atoms with Crippen molar-refractivity contribution in [2.75, 3.05) is 11.4 Å². The summed E-state index contributed by atoms with van der Waals surface area (Å²) in [5, 5.41) is 10.9. The number of fused-ring (bicyclic) bond motifs is 1. The van der Waals surface area contributed by atoms with Gasteiger partial charge in [0.05, 0.1) is 17.3 Å². The van der Waals surface area contributed by atoms with Crippen LogP contribution in [0.5, 0.6) is 0 Å². The van der Waals surface area contributed by atoms with Gasteiger partial charge in [-0.1, -0.05) is 0 Å². The number of hydrogen-bond acceptors (Lipinski definition) is 4. The van der Waals surface area contributed by atoms with Crippen molar-refractivity contribution in [3.63, 3.8) is 0 Å². The van der Waals surface area contributed by atoms with E-state index in [4.69, 9.17) is 11.6 Å². The van der Waals surface area contributed by atoms with Crippen LogP contribution in [0.15, 0.2) is 30.6 Å². The minimum absolute atomic E-state index is 0.0715. The molecule has 0 spiro atoms. The zero-order valence-corrected chi connectivity index (χ0v) is 11.5. The Balaban J connectivity index is 1.90. The molecular formula is C13H13ClN4O2. The summed E-state index contributed by atoms with van der Waals surface area (Å²) in [5.41, 5.74) is 1.56. The minimum atomic E-state index is -0.398. The SMILES string of the molecule is O=[N+]([O-])c1ccc(N2CCn3ccnc3C2)cc1CCl. The molecule has 0 bridgehead atoms. The van der Waals surface area contributed by atoms with Crippen LogP contribution in [0.4, 0.5) is 11.4 Å². The van der Waals surface area contributed by atoms with E-state index in [1.54, 1.807) is 18.3 Å². The highest BCUT2D eigenvalue weighted by molar-refractivity contribution is 6.17. The van der Waals surface area contributed by atoms with Crippen LogP contribution >= 0.6 is 11.6 Å². The van der Waals surface area contributed by atoms with Gasteiger partial charge in [0.2, 0.25) is 0 Å². The van der Waals surface area contributed by atoms with Crippen molar-refractivity contribution in [3.8, 4) is 0 Å². The molecule has 6 nitrogen and oxygen atoms in total. The lowest BCUT2D eigenvalue weighted by Gasteiger charge is -2.29. The molecule has 20 heavy (non-hydrogen) atoms. The van der Waals surface area contributed by atoms with Crippen molar-refractivity contribution < 1.29 is 4.92 Å². The summed E-state index contributed by atoms with van der Waals surface area (Å²) in [6.07, 6.45) is 3.76. The molecule has 2 heterocycles. The summed E-state index contributed by atoms with van der Waals surface area (Å²) in [7, 11) is 0. The Kier molecular flexibility index (Phi) is 3.31. The van der Waals surface area contributed by atoms with Gasteiger partial charge >= 0.3 is 0 Å². The number of nitro benzene ring substituents is 1. The lowest BCUT2D eigenvalue weighted by Crippen LogP contribution is -2.33. The number of benzene rings is 1. The van der Waals surface area contributed by atoms with E-state index >= 15 is 0 Å². The molecule has 0 saturated heterocycles. The summed E-state index contributed by atoms with van der Waals surface area (Å²) in [6, 6.07) is 5.09. The van der Waals surface area contributed by atoms with E-state index in [9.17, 15) is 10.1 Å². The molecule has 0 radical (unpaired) electrons. The number of aromatic nitrogens is 2. The van der Waals surface area contributed by atoms with Crippen LogP contribution in [0.1, 0.15) is 11.4 Å². The summed E-state index contributed by atoms with van der Waals surface area (Å²) in [4.78, 5) is 17.0. The van der Waals surface area contributed by atoms with E-state index in [-0.39, 0.29) is 11.6 Å². The van der Waals surface area contributed by atoms with Crippen LogP contribution in [0, 0.1) is 10.1 Å². The standard InChI is InChI=1S/C13H13ClN4O2/c14-8-10-7-11(1-2-12(10)18(19)20)17-6-5-16-4-3-15-13(16)9-17/h1-4,7H,5-6,8-9H2. The molecule has 1 aliphatic heterocycles. The van der Waals surface area contributed by atoms with Crippen LogP contribution < -0.4 is 4.90 Å². The maximum Gasteiger partial charge on any atom is 0.273 e. The van der Waals surface area contributed by atoms with Gasteiger partial charge in [0.15, 0.2) is 0 Å². The average molecular weight is 293 g/mol. The molecule has 7 heteroatoms. The fourth-order valence-corrected chi connectivity index (χ4v) is 2.66. The van der Waals surface area contributed by atoms with Gasteiger partial charge < -0.3 is 9.47 Å². The second kappa shape index (κ2) is 5.13. The van der Waals surface area contributed by atoms with Gasteiger partial charge in [-0.2, -0.15) is 0 Å². The third kappa shape index (κ3) is 2.22. The molecule has 1 aliphatic rings. The van der Waals surface area contributed by atoms with Crippen LogP contribution in [0.25, 0.3) is 0 Å². The Morgan fingerprint density at radius 2 is 2.25 bits per heavy atom. The molecule has 0 N–H and O–H groups in total. The number of halogens is 1. The fourth-order valence-electron chi connectivity index (χ4n) is 2.45. The van der Waals surface area contributed by atoms with E-state index in [1.807, 2.05) is 6.20 Å². The van der Waals surface area contributed by atoms with Gasteiger partial charge in [-0.15, -0.1) is 11.6 Å². The first-order valence-electron chi connectivity index (χ1n) is 6.27. The predicted molar refractivity (Wildman–Crippen MR) is 75.9 cm³/mol. The number of alkyl halides is 1. The van der Waals surface area contributed by atoms with E-state index in [2.05, 4.69) is 14.5 Å². The van der Waals surface area contributed by atoms with Gasteiger partial charge in [0, 0.05) is 42.8 Å². The third-order valence-electron chi connectivity index (χ3n) is 3.51. The highest BCUT2D eigenvalue weighted by atomic mass is 35.5. The first-order chi connectivity index (χ1) is 9.69. The van der Waals surface area contributed by atoms with E-state index in [1.165, 1.54) is 6.07 Å². The lowest BCUT2D eigenvalue weighted by atomic mass is 10.1. The van der Waals surface area contributed by atoms with E-state index in [0.717, 1.165) is 24.6 Å². The third-order valence-corrected chi connectivity index (χ3v) is 3.80. The molecule has 0 saturated carbocycles. The molecular weight excluding hydrogens is 280 g/mol. The highest BCUT2D eigenvalue weighted by Gasteiger charge is 2.20. The van der Waals surface area contributed by atoms with E-state index in [0.29, 0.717) is 12.1 Å². The van der Waals surface area contributed by atoms with Crippen molar-refractivity contribution in [2.45, 2.75) is 19.0 Å². The molecule has 104 valence electrons. The van der Waals surface area contributed by atoms with Crippen LogP contribution in [0.2, 0.25) is 0 Å². The second-order valence-electron chi connectivity index (χ2n) is 4.66. The summed E-state index contributed by atoms with van der Waals surface area (Å²) < 4.78 is 2.12. The molecule has 1 aromatic heterocycles. The van der Waals surface area contributed by atoms with Gasteiger partial charge in [0.25, 0.3) is 5.69 Å². The van der Waals surface area contributed by atoms with Crippen LogP contribution in [-0.2, 0) is 19.0 Å². The molecule has 3 rings (SSSR count). The van der Waals surface area contributed by atoms with Crippen molar-refractivity contribution in [2.24, 2.45) is 0 Å². The molecule has 0 atom stereocenters. The topological polar surface area (TPSA) is 64.2 Å². The monoisotopic (exact) mass is 292 g/mol. The first-order valence-corrected chi connectivity index (χ1v) is 6.80. The van der Waals surface area contributed by atoms with Gasteiger partial charge in [-0.05, 0) is 12.1 Å². The molecule has 0 amide bonds. The zero-order valence-electron chi connectivity index (χ0n) is 10.7. The molecule has 0 aliphatic carbocycles. The molecule has 1 aromatic carbocycles. The lowest BCUT2D eigenvalue weighted by molar-refractivity contribution is -0.385. The van der Waals surface area contributed by atoms with Crippen molar-refractivity contribution in [1.82, 2.24) is 9.55 Å². The predicted octanol–water partition coefficient (Wildman–Crippen LogP) is 2.55. The quantitative estimate of drug-likeness (QED) is 0.495. The van der Waals surface area contributed by atoms with E-state index < -0.39 is 4.92 Å². The number of hydrogen-bond donors (Lipinski definition) is 0. The Morgan fingerprint density at radius 1 is 1.40 bits per heavy atom. The Morgan fingerprint density at radius 3 is 3.00 bits per heavy atom. The van der Waals surface area contributed by atoms with Crippen LogP contribution in [0.3, 0.4) is 0 Å². The maximum absolute atomic E-state index is 10.9. The average Bonchev–Trinajstić information content (AvgIpc) is 2.93. The summed E-state index contributed by atoms with van der Waals surface area (Å²) in [6.45, 7) is 2.41. The van der Waals surface area contributed by atoms with Gasteiger partial charge in [-0.3, -0.25) is 10.1 Å². The number of rotatable bonds is 3. The van der Waals surface area contributed by atoms with Crippen LogP contribution in [-0.4, -0.2) is 21.0 Å². The Labute approximate surface area is 120 Å². The molecule has 2 aromatic rings. The molecule has 0 unspecified atom stereocenters. The first kappa shape index (κ1) is 12.9. The number of anilines is 1. The smallest absolute Gasteiger partial charge is 0.273 e. The summed E-state index contributed by atoms with van der Waals surface area (Å²) >= 11 is 5.81. The maximum atomic E-state index is 10.9. The minimum Gasteiger partial charge on any atom is -0.362 e. The zero-order chi connectivity index (χ0) is 14.1. The van der Waals surface area contributed by atoms with Crippen molar-refractivity contribution >= 4 is 23.0 Å². The largest absolute Gasteiger partial charge is 0.362 e. The number of nitro groups is 1. The number of nitrogens with zero attached hydrogens (tertiary/aromatic N) is 4. The second-order valence-corrected chi connectivity index (χ2v) is 4.93. The van der Waals surface area contributed by atoms with Crippen molar-refractivity contribution in [3.05, 3.63) is 52.1 Å². The summed E-state index contributed by atoms with van der Waals surface area (Å²) in [5.74, 6) is 1.13. The Bertz CT molecular complexity index is 656. The van der Waals surface area contributed by atoms with Gasteiger partial charge in [0.1, 0.15) is 5.82 Å². The molecule has 0 fully saturated rings. The fraction of sp³-hybridized carbons (Fsp3) is 0.308. The number of imidazole rings is 1.